The standard InChI is InChI=1S/C5H4F8O/c6-1-3(8,9)4(10,11)5(12,13)14-2-7/h1-2H2. The van der Waals surface area contributed by atoms with Gasteiger partial charge in [0.2, 0.25) is 0 Å². The zero-order chi connectivity index (χ0) is 11.6. The molecule has 14 heavy (non-hydrogen) atoms. The van der Waals surface area contributed by atoms with Gasteiger partial charge in [-0.25, -0.2) is 8.78 Å². The Kier molecular flexibility index (Phi) is 3.71. The van der Waals surface area contributed by atoms with Crippen LogP contribution in [0.25, 0.3) is 0 Å². The van der Waals surface area contributed by atoms with Crippen molar-refractivity contribution >= 4 is 0 Å². The minimum Gasteiger partial charge on any atom is -0.283 e. The molecule has 0 aromatic heterocycles. The van der Waals surface area contributed by atoms with Gasteiger partial charge in [-0.05, 0) is 0 Å². The molecule has 0 radical (unpaired) electrons. The monoisotopic (exact) mass is 232 g/mol. The Balaban J connectivity index is 4.92. The molecule has 0 saturated heterocycles. The third-order valence-electron chi connectivity index (χ3n) is 1.23. The molecular formula is C5H4F8O. The summed E-state index contributed by atoms with van der Waals surface area (Å²) in [5.41, 5.74) is 0. The highest BCUT2D eigenvalue weighted by molar-refractivity contribution is 4.91. The molecule has 0 aliphatic rings. The van der Waals surface area contributed by atoms with Crippen molar-refractivity contribution in [3.05, 3.63) is 0 Å². The molecule has 0 spiro atoms. The number of hydrogen-bond donors (Lipinski definition) is 0. The molecular weight excluding hydrogens is 228 g/mol. The van der Waals surface area contributed by atoms with Gasteiger partial charge < -0.3 is 0 Å². The first-order valence-corrected chi connectivity index (χ1v) is 3.01. The van der Waals surface area contributed by atoms with E-state index in [1.54, 1.807) is 0 Å². The molecule has 0 aliphatic carbocycles. The lowest BCUT2D eigenvalue weighted by Crippen LogP contribution is -2.56. The first kappa shape index (κ1) is 13.4. The summed E-state index contributed by atoms with van der Waals surface area (Å²) < 4.78 is 97.2. The van der Waals surface area contributed by atoms with E-state index in [2.05, 4.69) is 4.74 Å². The van der Waals surface area contributed by atoms with Gasteiger partial charge >= 0.3 is 18.0 Å². The number of rotatable bonds is 5. The van der Waals surface area contributed by atoms with E-state index < -0.39 is 31.5 Å². The summed E-state index contributed by atoms with van der Waals surface area (Å²) >= 11 is 0. The molecule has 0 amide bonds. The van der Waals surface area contributed by atoms with Gasteiger partial charge in [-0.15, -0.1) is 0 Å². The van der Waals surface area contributed by atoms with Crippen LogP contribution in [-0.2, 0) is 4.74 Å². The third-order valence-corrected chi connectivity index (χ3v) is 1.23. The molecule has 0 atom stereocenters. The highest BCUT2D eigenvalue weighted by Crippen LogP contribution is 2.46. The Labute approximate surface area is 72.6 Å². The Morgan fingerprint density at radius 2 is 1.29 bits per heavy atom. The molecule has 0 bridgehead atoms. The summed E-state index contributed by atoms with van der Waals surface area (Å²) in [4.78, 5) is 0. The highest BCUT2D eigenvalue weighted by Gasteiger charge is 2.73. The van der Waals surface area contributed by atoms with Crippen molar-refractivity contribution in [2.45, 2.75) is 18.0 Å². The van der Waals surface area contributed by atoms with Crippen molar-refractivity contribution in [3.8, 4) is 0 Å². The second kappa shape index (κ2) is 3.87. The Bertz CT molecular complexity index is 190. The zero-order valence-corrected chi connectivity index (χ0v) is 6.35. The first-order chi connectivity index (χ1) is 6.12. The molecule has 0 heterocycles. The molecule has 0 rings (SSSR count). The van der Waals surface area contributed by atoms with Gasteiger partial charge in [0.1, 0.15) is 0 Å². The van der Waals surface area contributed by atoms with Gasteiger partial charge in [0, 0.05) is 0 Å². The molecule has 9 heteroatoms. The topological polar surface area (TPSA) is 9.23 Å². The van der Waals surface area contributed by atoms with Crippen molar-refractivity contribution in [2.75, 3.05) is 13.5 Å². The SMILES string of the molecule is FCOC(F)(F)C(F)(F)C(F)(F)CF. The third kappa shape index (κ3) is 2.07. The number of alkyl halides is 8. The van der Waals surface area contributed by atoms with Gasteiger partial charge in [-0.3, -0.25) is 4.74 Å². The van der Waals surface area contributed by atoms with Crippen LogP contribution in [-0.4, -0.2) is 31.5 Å². The van der Waals surface area contributed by atoms with Gasteiger partial charge in [0.05, 0.1) is 0 Å². The van der Waals surface area contributed by atoms with E-state index >= 15 is 0 Å². The van der Waals surface area contributed by atoms with Crippen LogP contribution in [0.4, 0.5) is 35.1 Å². The quantitative estimate of drug-likeness (QED) is 0.662. The van der Waals surface area contributed by atoms with Gasteiger partial charge in [-0.1, -0.05) is 0 Å². The average molecular weight is 232 g/mol. The predicted molar refractivity (Wildman–Crippen MR) is 27.9 cm³/mol. The first-order valence-electron chi connectivity index (χ1n) is 3.01. The maximum Gasteiger partial charge on any atom is 0.428 e. The summed E-state index contributed by atoms with van der Waals surface area (Å²) in [6.07, 6.45) is -5.77. The van der Waals surface area contributed by atoms with Crippen LogP contribution in [0.1, 0.15) is 0 Å². The smallest absolute Gasteiger partial charge is 0.283 e. The Morgan fingerprint density at radius 1 is 0.857 bits per heavy atom. The summed E-state index contributed by atoms with van der Waals surface area (Å²) in [5.74, 6) is -11.7. The van der Waals surface area contributed by atoms with E-state index in [0.717, 1.165) is 0 Å². The van der Waals surface area contributed by atoms with E-state index in [1.807, 2.05) is 0 Å². The van der Waals surface area contributed by atoms with Gasteiger partial charge in [-0.2, -0.15) is 26.3 Å². The van der Waals surface area contributed by atoms with Crippen molar-refractivity contribution in [3.63, 3.8) is 0 Å². The maximum atomic E-state index is 12.1. The highest BCUT2D eigenvalue weighted by atomic mass is 19.4. The largest absolute Gasteiger partial charge is 0.428 e. The Hall–Kier alpha value is -0.600. The van der Waals surface area contributed by atoms with Crippen LogP contribution in [0.15, 0.2) is 0 Å². The molecule has 0 saturated carbocycles. The molecule has 0 fully saturated rings. The second-order valence-corrected chi connectivity index (χ2v) is 2.18. The lowest BCUT2D eigenvalue weighted by Gasteiger charge is -2.29. The van der Waals surface area contributed by atoms with E-state index in [4.69, 9.17) is 0 Å². The number of ether oxygens (including phenoxy) is 1. The minimum atomic E-state index is -6.11. The van der Waals surface area contributed by atoms with Crippen LogP contribution in [0.2, 0.25) is 0 Å². The second-order valence-electron chi connectivity index (χ2n) is 2.18. The van der Waals surface area contributed by atoms with E-state index in [0.29, 0.717) is 0 Å². The lowest BCUT2D eigenvalue weighted by molar-refractivity contribution is -0.405. The molecule has 0 aromatic carbocycles. The van der Waals surface area contributed by atoms with Crippen LogP contribution < -0.4 is 0 Å². The molecule has 86 valence electrons. The van der Waals surface area contributed by atoms with Crippen molar-refractivity contribution in [2.24, 2.45) is 0 Å². The summed E-state index contributed by atoms with van der Waals surface area (Å²) in [6.45, 7) is -5.41. The maximum absolute atomic E-state index is 12.1. The molecule has 0 aromatic rings. The molecule has 0 unspecified atom stereocenters. The molecule has 1 nitrogen and oxygen atoms in total. The number of hydrogen-bond acceptors (Lipinski definition) is 1. The van der Waals surface area contributed by atoms with Gasteiger partial charge in [0.25, 0.3) is 0 Å². The van der Waals surface area contributed by atoms with Crippen molar-refractivity contribution in [1.82, 2.24) is 0 Å². The van der Waals surface area contributed by atoms with Crippen molar-refractivity contribution in [1.29, 1.82) is 0 Å². The fraction of sp³-hybridized carbons (Fsp3) is 1.00. The van der Waals surface area contributed by atoms with Crippen LogP contribution in [0.3, 0.4) is 0 Å². The summed E-state index contributed by atoms with van der Waals surface area (Å²) in [6, 6.07) is 0. The molecule has 0 aliphatic heterocycles. The van der Waals surface area contributed by atoms with E-state index in [-0.39, 0.29) is 0 Å². The fourth-order valence-corrected chi connectivity index (χ4v) is 0.456. The van der Waals surface area contributed by atoms with Crippen LogP contribution in [0.5, 0.6) is 0 Å². The van der Waals surface area contributed by atoms with Crippen molar-refractivity contribution < 1.29 is 39.9 Å². The zero-order valence-electron chi connectivity index (χ0n) is 6.35. The fourth-order valence-electron chi connectivity index (χ4n) is 0.456. The van der Waals surface area contributed by atoms with E-state index in [9.17, 15) is 35.1 Å². The van der Waals surface area contributed by atoms with E-state index in [1.165, 1.54) is 0 Å². The normalized spacial score (nSPS) is 14.6. The summed E-state index contributed by atoms with van der Waals surface area (Å²) in [5, 5.41) is 0. The van der Waals surface area contributed by atoms with Crippen LogP contribution >= 0.6 is 0 Å². The van der Waals surface area contributed by atoms with Gasteiger partial charge in [0.15, 0.2) is 13.5 Å². The van der Waals surface area contributed by atoms with Crippen LogP contribution in [0, 0.1) is 0 Å². The average Bonchev–Trinajstić information content (AvgIpc) is 2.03. The predicted octanol–water partition coefficient (Wildman–Crippen LogP) is 2.76. The lowest BCUT2D eigenvalue weighted by atomic mass is 10.2. The Morgan fingerprint density at radius 3 is 1.57 bits per heavy atom. The molecule has 0 N–H and O–H groups in total. The summed E-state index contributed by atoms with van der Waals surface area (Å²) in [7, 11) is 0. The minimum absolute atomic E-state index is 2.40. The number of halogens is 8.